The van der Waals surface area contributed by atoms with E-state index in [-0.39, 0.29) is 23.8 Å². The lowest BCUT2D eigenvalue weighted by Gasteiger charge is -2.09. The van der Waals surface area contributed by atoms with Crippen molar-refractivity contribution in [2.24, 2.45) is 0 Å². The molecule has 20 heavy (non-hydrogen) atoms. The number of ether oxygens (including phenoxy) is 2. The lowest BCUT2D eigenvalue weighted by molar-refractivity contribution is -0.120. The summed E-state index contributed by atoms with van der Waals surface area (Å²) >= 11 is 0. The van der Waals surface area contributed by atoms with Gasteiger partial charge in [-0.2, -0.15) is 0 Å². The van der Waals surface area contributed by atoms with Crippen LogP contribution in [-0.2, 0) is 9.53 Å². The Hall–Kier alpha value is -2.08. The normalized spacial score (nSPS) is 10.1. The standard InChI is InChI=1S/C14H19NO5/c1-3-4-7-20-9-13(16)15-10-5-6-11(14(17)18)12(8-10)19-2/h5-6,8H,3-4,7,9H2,1-2H3,(H,15,16)(H,17,18). The Balaban J connectivity index is 2.59. The predicted molar refractivity (Wildman–Crippen MR) is 74.3 cm³/mol. The van der Waals surface area contributed by atoms with Crippen molar-refractivity contribution < 1.29 is 24.2 Å². The van der Waals surface area contributed by atoms with Crippen LogP contribution in [0, 0.1) is 0 Å². The van der Waals surface area contributed by atoms with Gasteiger partial charge in [-0.05, 0) is 18.6 Å². The van der Waals surface area contributed by atoms with E-state index in [9.17, 15) is 9.59 Å². The highest BCUT2D eigenvalue weighted by Gasteiger charge is 2.12. The maximum Gasteiger partial charge on any atom is 0.339 e. The van der Waals surface area contributed by atoms with Gasteiger partial charge in [-0.1, -0.05) is 13.3 Å². The summed E-state index contributed by atoms with van der Waals surface area (Å²) in [4.78, 5) is 22.5. The molecule has 1 aromatic carbocycles. The Morgan fingerprint density at radius 2 is 2.10 bits per heavy atom. The lowest BCUT2D eigenvalue weighted by Crippen LogP contribution is -2.18. The largest absolute Gasteiger partial charge is 0.496 e. The van der Waals surface area contributed by atoms with Crippen molar-refractivity contribution >= 4 is 17.6 Å². The van der Waals surface area contributed by atoms with Crippen molar-refractivity contribution in [1.82, 2.24) is 0 Å². The highest BCUT2D eigenvalue weighted by atomic mass is 16.5. The molecule has 0 bridgehead atoms. The first kappa shape index (κ1) is 16.0. The number of carbonyl (C=O) groups excluding carboxylic acids is 1. The molecule has 110 valence electrons. The van der Waals surface area contributed by atoms with Crippen LogP contribution in [0.3, 0.4) is 0 Å². The molecular weight excluding hydrogens is 262 g/mol. The number of benzene rings is 1. The summed E-state index contributed by atoms with van der Waals surface area (Å²) in [6.45, 7) is 2.56. The van der Waals surface area contributed by atoms with Crippen molar-refractivity contribution in [2.75, 3.05) is 25.6 Å². The second kappa shape index (κ2) is 8.16. The lowest BCUT2D eigenvalue weighted by atomic mass is 10.2. The Morgan fingerprint density at radius 3 is 2.70 bits per heavy atom. The first-order valence-electron chi connectivity index (χ1n) is 6.37. The molecule has 6 nitrogen and oxygen atoms in total. The monoisotopic (exact) mass is 281 g/mol. The Morgan fingerprint density at radius 1 is 1.35 bits per heavy atom. The number of carboxylic acid groups (broad SMARTS) is 1. The van der Waals surface area contributed by atoms with Crippen LogP contribution >= 0.6 is 0 Å². The number of hydrogen-bond acceptors (Lipinski definition) is 4. The summed E-state index contributed by atoms with van der Waals surface area (Å²) in [5, 5.41) is 11.6. The van der Waals surface area contributed by atoms with Gasteiger partial charge in [-0.3, -0.25) is 4.79 Å². The SMILES string of the molecule is CCCCOCC(=O)Nc1ccc(C(=O)O)c(OC)c1. The zero-order chi connectivity index (χ0) is 15.0. The van der Waals surface area contributed by atoms with Crippen LogP contribution < -0.4 is 10.1 Å². The molecule has 0 aliphatic carbocycles. The third kappa shape index (κ3) is 4.89. The Bertz CT molecular complexity index is 473. The number of anilines is 1. The molecule has 0 fully saturated rings. The van der Waals surface area contributed by atoms with Crippen LogP contribution in [0.4, 0.5) is 5.69 Å². The van der Waals surface area contributed by atoms with E-state index < -0.39 is 5.97 Å². The van der Waals surface area contributed by atoms with Gasteiger partial charge in [0.05, 0.1) is 7.11 Å². The minimum Gasteiger partial charge on any atom is -0.496 e. The van der Waals surface area contributed by atoms with Gasteiger partial charge >= 0.3 is 5.97 Å². The number of amides is 1. The fraction of sp³-hybridized carbons (Fsp3) is 0.429. The van der Waals surface area contributed by atoms with Crippen molar-refractivity contribution in [3.8, 4) is 5.75 Å². The molecular formula is C14H19NO5. The first-order chi connectivity index (χ1) is 9.58. The molecule has 6 heteroatoms. The molecule has 0 heterocycles. The number of carboxylic acids is 1. The number of hydrogen-bond donors (Lipinski definition) is 2. The molecule has 0 unspecified atom stereocenters. The van der Waals surface area contributed by atoms with E-state index in [1.807, 2.05) is 6.92 Å². The van der Waals surface area contributed by atoms with E-state index in [4.69, 9.17) is 14.6 Å². The fourth-order valence-corrected chi connectivity index (χ4v) is 1.55. The van der Waals surface area contributed by atoms with Gasteiger partial charge in [0.2, 0.25) is 5.91 Å². The van der Waals surface area contributed by atoms with Crippen molar-refractivity contribution in [2.45, 2.75) is 19.8 Å². The Labute approximate surface area is 117 Å². The third-order valence-corrected chi connectivity index (χ3v) is 2.59. The summed E-state index contributed by atoms with van der Waals surface area (Å²) in [7, 11) is 1.38. The summed E-state index contributed by atoms with van der Waals surface area (Å²) in [5.74, 6) is -1.17. The molecule has 1 amide bonds. The van der Waals surface area contributed by atoms with Gasteiger partial charge < -0.3 is 19.9 Å². The van der Waals surface area contributed by atoms with Gasteiger partial charge in [0.1, 0.15) is 17.9 Å². The minimum absolute atomic E-state index is 0.0248. The van der Waals surface area contributed by atoms with E-state index in [2.05, 4.69) is 5.32 Å². The van der Waals surface area contributed by atoms with Crippen molar-refractivity contribution in [3.05, 3.63) is 23.8 Å². The van der Waals surface area contributed by atoms with Crippen LogP contribution in [0.25, 0.3) is 0 Å². The van der Waals surface area contributed by atoms with E-state index in [0.29, 0.717) is 12.3 Å². The number of aromatic carboxylic acids is 1. The molecule has 2 N–H and O–H groups in total. The molecule has 0 aliphatic rings. The fourth-order valence-electron chi connectivity index (χ4n) is 1.55. The number of carbonyl (C=O) groups is 2. The minimum atomic E-state index is -1.08. The van der Waals surface area contributed by atoms with E-state index in [0.717, 1.165) is 12.8 Å². The van der Waals surface area contributed by atoms with Crippen molar-refractivity contribution in [1.29, 1.82) is 0 Å². The molecule has 0 aromatic heterocycles. The van der Waals surface area contributed by atoms with Gasteiger partial charge in [0, 0.05) is 18.4 Å². The zero-order valence-corrected chi connectivity index (χ0v) is 11.6. The molecule has 0 radical (unpaired) electrons. The summed E-state index contributed by atoms with van der Waals surface area (Å²) < 4.78 is 10.2. The van der Waals surface area contributed by atoms with Gasteiger partial charge in [-0.15, -0.1) is 0 Å². The van der Waals surface area contributed by atoms with E-state index in [1.54, 1.807) is 0 Å². The molecule has 0 saturated carbocycles. The molecule has 1 aromatic rings. The van der Waals surface area contributed by atoms with Crippen LogP contribution in [0.15, 0.2) is 18.2 Å². The van der Waals surface area contributed by atoms with Gasteiger partial charge in [0.15, 0.2) is 0 Å². The topological polar surface area (TPSA) is 84.9 Å². The van der Waals surface area contributed by atoms with E-state index in [1.165, 1.54) is 25.3 Å². The number of methoxy groups -OCH3 is 1. The number of unbranched alkanes of at least 4 members (excludes halogenated alkanes) is 1. The molecule has 0 atom stereocenters. The molecule has 0 aliphatic heterocycles. The van der Waals surface area contributed by atoms with Crippen LogP contribution in [0.5, 0.6) is 5.75 Å². The summed E-state index contributed by atoms with van der Waals surface area (Å²) in [6, 6.07) is 4.36. The maximum absolute atomic E-state index is 11.6. The second-order valence-corrected chi connectivity index (χ2v) is 4.17. The third-order valence-electron chi connectivity index (χ3n) is 2.59. The smallest absolute Gasteiger partial charge is 0.339 e. The quantitative estimate of drug-likeness (QED) is 0.713. The van der Waals surface area contributed by atoms with Crippen molar-refractivity contribution in [3.63, 3.8) is 0 Å². The average molecular weight is 281 g/mol. The van der Waals surface area contributed by atoms with Crippen LogP contribution in [-0.4, -0.2) is 37.3 Å². The Kier molecular flexibility index (Phi) is 6.52. The summed E-state index contributed by atoms with van der Waals surface area (Å²) in [6.07, 6.45) is 1.92. The van der Waals surface area contributed by atoms with Crippen LogP contribution in [0.1, 0.15) is 30.1 Å². The van der Waals surface area contributed by atoms with Crippen LogP contribution in [0.2, 0.25) is 0 Å². The highest BCUT2D eigenvalue weighted by Crippen LogP contribution is 2.23. The molecule has 0 saturated heterocycles. The van der Waals surface area contributed by atoms with E-state index >= 15 is 0 Å². The molecule has 1 rings (SSSR count). The van der Waals surface area contributed by atoms with Gasteiger partial charge in [0.25, 0.3) is 0 Å². The predicted octanol–water partition coefficient (Wildman–Crippen LogP) is 2.15. The van der Waals surface area contributed by atoms with Gasteiger partial charge in [-0.25, -0.2) is 4.79 Å². The highest BCUT2D eigenvalue weighted by molar-refractivity contribution is 5.95. The maximum atomic E-state index is 11.6. The summed E-state index contributed by atoms with van der Waals surface area (Å²) in [5.41, 5.74) is 0.514. The number of rotatable bonds is 8. The molecule has 0 spiro atoms. The first-order valence-corrected chi connectivity index (χ1v) is 6.37. The second-order valence-electron chi connectivity index (χ2n) is 4.17. The number of nitrogens with one attached hydrogen (secondary N) is 1. The average Bonchev–Trinajstić information content (AvgIpc) is 2.43. The zero-order valence-electron chi connectivity index (χ0n) is 11.6.